The monoisotopic (exact) mass is 286 g/mol. The molecular weight excluding hydrogens is 281 g/mol. The van der Waals surface area contributed by atoms with E-state index >= 15 is 0 Å². The first kappa shape index (κ1) is 13.4. The average molecular weight is 287 g/mol. The van der Waals surface area contributed by atoms with Gasteiger partial charge in [-0.2, -0.15) is 0 Å². The molecule has 0 unspecified atom stereocenters. The van der Waals surface area contributed by atoms with Gasteiger partial charge in [-0.05, 0) is 18.2 Å². The van der Waals surface area contributed by atoms with Crippen molar-refractivity contribution in [1.82, 2.24) is 4.98 Å². The van der Waals surface area contributed by atoms with E-state index < -0.39 is 28.5 Å². The first-order valence-corrected chi connectivity index (χ1v) is 5.43. The fourth-order valence-corrected chi connectivity index (χ4v) is 1.52. The molecule has 0 aliphatic carbocycles. The third-order valence-corrected chi connectivity index (χ3v) is 2.53. The molecule has 1 N–H and O–H groups in total. The van der Waals surface area contributed by atoms with Crippen molar-refractivity contribution in [1.29, 1.82) is 0 Å². The summed E-state index contributed by atoms with van der Waals surface area (Å²) < 4.78 is 39.2. The van der Waals surface area contributed by atoms with Crippen molar-refractivity contribution in [3.8, 4) is 0 Å². The maximum Gasteiger partial charge on any atom is 0.258 e. The van der Waals surface area contributed by atoms with Crippen LogP contribution in [0.5, 0.6) is 0 Å². The second kappa shape index (κ2) is 5.27. The largest absolute Gasteiger partial charge is 0.322 e. The molecule has 0 saturated heterocycles. The van der Waals surface area contributed by atoms with E-state index in [-0.39, 0.29) is 11.3 Å². The highest BCUT2D eigenvalue weighted by Crippen LogP contribution is 2.18. The average Bonchev–Trinajstić information content (AvgIpc) is 2.37. The summed E-state index contributed by atoms with van der Waals surface area (Å²) in [5.41, 5.74) is -0.346. The van der Waals surface area contributed by atoms with Crippen LogP contribution in [0.3, 0.4) is 0 Å². The lowest BCUT2D eigenvalue weighted by atomic mass is 10.2. The Morgan fingerprint density at radius 3 is 2.58 bits per heavy atom. The van der Waals surface area contributed by atoms with Crippen molar-refractivity contribution in [2.45, 2.75) is 0 Å². The number of hydrogen-bond donors (Lipinski definition) is 1. The number of rotatable bonds is 2. The molecular formula is C12H6ClF3N2O. The lowest BCUT2D eigenvalue weighted by Crippen LogP contribution is -2.14. The number of aromatic nitrogens is 1. The summed E-state index contributed by atoms with van der Waals surface area (Å²) >= 11 is 5.43. The second-order valence-corrected chi connectivity index (χ2v) is 3.90. The lowest BCUT2D eigenvalue weighted by Gasteiger charge is -2.06. The van der Waals surface area contributed by atoms with E-state index in [1.807, 2.05) is 0 Å². The highest BCUT2D eigenvalue weighted by Gasteiger charge is 2.15. The number of pyridine rings is 1. The molecule has 1 heterocycles. The van der Waals surface area contributed by atoms with Crippen molar-refractivity contribution >= 4 is 23.2 Å². The number of anilines is 1. The number of hydrogen-bond acceptors (Lipinski definition) is 2. The second-order valence-electron chi connectivity index (χ2n) is 3.55. The molecule has 0 aliphatic rings. The fourth-order valence-electron chi connectivity index (χ4n) is 1.37. The van der Waals surface area contributed by atoms with Gasteiger partial charge in [0.05, 0.1) is 5.56 Å². The minimum Gasteiger partial charge on any atom is -0.322 e. The summed E-state index contributed by atoms with van der Waals surface area (Å²) in [5.74, 6) is -3.99. The molecule has 0 radical (unpaired) electrons. The van der Waals surface area contributed by atoms with Crippen molar-refractivity contribution in [3.63, 3.8) is 0 Å². The molecule has 98 valence electrons. The number of benzene rings is 1. The van der Waals surface area contributed by atoms with E-state index in [2.05, 4.69) is 10.3 Å². The summed E-state index contributed by atoms with van der Waals surface area (Å²) in [7, 11) is 0. The maximum atomic E-state index is 13.5. The number of nitrogens with zero attached hydrogens (tertiary/aromatic N) is 1. The molecule has 19 heavy (non-hydrogen) atoms. The quantitative estimate of drug-likeness (QED) is 0.860. The molecule has 1 aromatic heterocycles. The fraction of sp³-hybridized carbons (Fsp3) is 0. The van der Waals surface area contributed by atoms with E-state index in [1.54, 1.807) is 0 Å². The number of carbonyl (C=O) groups excluding carboxylic acids is 1. The Balaban J connectivity index is 2.26. The van der Waals surface area contributed by atoms with Gasteiger partial charge in [-0.1, -0.05) is 11.6 Å². The Bertz CT molecular complexity index is 649. The van der Waals surface area contributed by atoms with Gasteiger partial charge in [0.1, 0.15) is 0 Å². The van der Waals surface area contributed by atoms with Gasteiger partial charge in [0.2, 0.25) is 0 Å². The summed E-state index contributed by atoms with van der Waals surface area (Å²) in [4.78, 5) is 15.2. The van der Waals surface area contributed by atoms with Gasteiger partial charge in [0, 0.05) is 18.0 Å². The van der Waals surface area contributed by atoms with Crippen molar-refractivity contribution in [3.05, 3.63) is 58.6 Å². The van der Waals surface area contributed by atoms with E-state index in [0.29, 0.717) is 0 Å². The minimum atomic E-state index is -1.12. The molecule has 0 fully saturated rings. The van der Waals surface area contributed by atoms with Crippen LogP contribution in [0.1, 0.15) is 10.4 Å². The zero-order chi connectivity index (χ0) is 14.0. The normalized spacial score (nSPS) is 10.3. The number of carbonyl (C=O) groups is 1. The molecule has 1 aromatic carbocycles. The molecule has 2 aromatic rings. The van der Waals surface area contributed by atoms with Crippen LogP contribution in [0.15, 0.2) is 30.5 Å². The molecule has 0 saturated carbocycles. The predicted octanol–water partition coefficient (Wildman–Crippen LogP) is 3.40. The summed E-state index contributed by atoms with van der Waals surface area (Å²) in [6.45, 7) is 0. The van der Waals surface area contributed by atoms with E-state index in [9.17, 15) is 18.0 Å². The Labute approximate surface area is 111 Å². The van der Waals surface area contributed by atoms with Gasteiger partial charge in [-0.3, -0.25) is 4.79 Å². The van der Waals surface area contributed by atoms with Crippen LogP contribution in [0.4, 0.5) is 18.9 Å². The van der Waals surface area contributed by atoms with Crippen molar-refractivity contribution in [2.75, 3.05) is 5.32 Å². The molecule has 0 aliphatic heterocycles. The van der Waals surface area contributed by atoms with Crippen LogP contribution in [-0.4, -0.2) is 10.9 Å². The van der Waals surface area contributed by atoms with Gasteiger partial charge in [0.15, 0.2) is 22.6 Å². The standard InChI is InChI=1S/C12H6ClF3N2O/c13-11-10(16)7(3-4-17-11)12(19)18-6-1-2-8(14)9(15)5-6/h1-5H,(H,18,19). The Morgan fingerprint density at radius 1 is 1.16 bits per heavy atom. The van der Waals surface area contributed by atoms with Crippen molar-refractivity contribution in [2.24, 2.45) is 0 Å². The number of halogens is 4. The van der Waals surface area contributed by atoms with Crippen molar-refractivity contribution < 1.29 is 18.0 Å². The molecule has 0 spiro atoms. The third-order valence-electron chi connectivity index (χ3n) is 2.27. The lowest BCUT2D eigenvalue weighted by molar-refractivity contribution is 0.102. The van der Waals surface area contributed by atoms with E-state index in [1.165, 1.54) is 0 Å². The van der Waals surface area contributed by atoms with Crippen LogP contribution >= 0.6 is 11.6 Å². The smallest absolute Gasteiger partial charge is 0.258 e. The van der Waals surface area contributed by atoms with Crippen LogP contribution < -0.4 is 5.32 Å². The minimum absolute atomic E-state index is 0.00349. The molecule has 7 heteroatoms. The van der Waals surface area contributed by atoms with E-state index in [0.717, 1.165) is 30.5 Å². The molecule has 3 nitrogen and oxygen atoms in total. The van der Waals surface area contributed by atoms with Gasteiger partial charge in [-0.15, -0.1) is 0 Å². The van der Waals surface area contributed by atoms with Gasteiger partial charge < -0.3 is 5.32 Å². The summed E-state index contributed by atoms with van der Waals surface area (Å²) in [6.07, 6.45) is 1.16. The zero-order valence-electron chi connectivity index (χ0n) is 9.25. The Kier molecular flexibility index (Phi) is 3.71. The third kappa shape index (κ3) is 2.85. The van der Waals surface area contributed by atoms with Crippen LogP contribution in [-0.2, 0) is 0 Å². The summed E-state index contributed by atoms with van der Waals surface area (Å²) in [5, 5.41) is 1.78. The Hall–Kier alpha value is -2.08. The van der Waals surface area contributed by atoms with E-state index in [4.69, 9.17) is 11.6 Å². The predicted molar refractivity (Wildman–Crippen MR) is 63.5 cm³/mol. The zero-order valence-corrected chi connectivity index (χ0v) is 10.0. The molecule has 2 rings (SSSR count). The van der Waals surface area contributed by atoms with Crippen LogP contribution in [0, 0.1) is 17.5 Å². The highest BCUT2D eigenvalue weighted by atomic mass is 35.5. The first-order valence-electron chi connectivity index (χ1n) is 5.05. The van der Waals surface area contributed by atoms with Crippen LogP contribution in [0.2, 0.25) is 5.15 Å². The van der Waals surface area contributed by atoms with Gasteiger partial charge in [0.25, 0.3) is 5.91 Å². The number of amides is 1. The molecule has 0 bridgehead atoms. The highest BCUT2D eigenvalue weighted by molar-refractivity contribution is 6.30. The number of nitrogens with one attached hydrogen (secondary N) is 1. The first-order chi connectivity index (χ1) is 8.99. The molecule has 1 amide bonds. The Morgan fingerprint density at radius 2 is 1.89 bits per heavy atom. The SMILES string of the molecule is O=C(Nc1ccc(F)c(F)c1)c1ccnc(Cl)c1F. The van der Waals surface area contributed by atoms with Gasteiger partial charge >= 0.3 is 0 Å². The van der Waals surface area contributed by atoms with Crippen LogP contribution in [0.25, 0.3) is 0 Å². The van der Waals surface area contributed by atoms with Gasteiger partial charge in [-0.25, -0.2) is 18.2 Å². The topological polar surface area (TPSA) is 42.0 Å². The maximum absolute atomic E-state index is 13.5. The summed E-state index contributed by atoms with van der Waals surface area (Å²) in [6, 6.07) is 3.90. The molecule has 0 atom stereocenters.